The predicted octanol–water partition coefficient (Wildman–Crippen LogP) is 0.213. The van der Waals surface area contributed by atoms with E-state index >= 15 is 0 Å². The molecule has 10 heteroatoms. The van der Waals surface area contributed by atoms with Crippen LogP contribution in [-0.2, 0) is 10.1 Å². The summed E-state index contributed by atoms with van der Waals surface area (Å²) in [5, 5.41) is 2.84. The molecule has 0 atom stereocenters. The summed E-state index contributed by atoms with van der Waals surface area (Å²) >= 11 is 0. The van der Waals surface area contributed by atoms with Crippen molar-refractivity contribution in [1.29, 1.82) is 0 Å². The monoisotopic (exact) mass is 296 g/mol. The van der Waals surface area contributed by atoms with Crippen LogP contribution >= 0.6 is 0 Å². The van der Waals surface area contributed by atoms with Gasteiger partial charge in [-0.15, -0.1) is 0 Å². The van der Waals surface area contributed by atoms with Gasteiger partial charge in [0.05, 0.1) is 5.69 Å². The van der Waals surface area contributed by atoms with Gasteiger partial charge >= 0.3 is 0 Å². The number of benzene rings is 1. The highest BCUT2D eigenvalue weighted by Crippen LogP contribution is 2.24. The molecule has 0 amide bonds. The topological polar surface area (TPSA) is 170 Å². The van der Waals surface area contributed by atoms with Crippen LogP contribution in [0.5, 0.6) is 0 Å². The average molecular weight is 296 g/mol. The first-order chi connectivity index (χ1) is 9.25. The van der Waals surface area contributed by atoms with E-state index < -0.39 is 10.1 Å². The van der Waals surface area contributed by atoms with Gasteiger partial charge in [-0.25, -0.2) is 0 Å². The number of aromatic nitrogens is 2. The molecule has 9 nitrogen and oxygen atoms in total. The van der Waals surface area contributed by atoms with Gasteiger partial charge in [0.25, 0.3) is 10.1 Å². The molecule has 1 aromatic heterocycles. The van der Waals surface area contributed by atoms with Gasteiger partial charge < -0.3 is 22.5 Å². The maximum atomic E-state index is 11.0. The molecular formula is C10H12N6O3S. The van der Waals surface area contributed by atoms with Crippen molar-refractivity contribution in [3.05, 3.63) is 24.3 Å². The minimum atomic E-state index is -4.35. The van der Waals surface area contributed by atoms with Gasteiger partial charge in [-0.05, 0) is 18.2 Å². The highest BCUT2D eigenvalue weighted by molar-refractivity contribution is 7.86. The summed E-state index contributed by atoms with van der Waals surface area (Å²) in [5.41, 5.74) is 16.9. The molecule has 0 unspecified atom stereocenters. The van der Waals surface area contributed by atoms with Crippen LogP contribution in [0, 0.1) is 0 Å². The highest BCUT2D eigenvalue weighted by Gasteiger charge is 2.14. The lowest BCUT2D eigenvalue weighted by atomic mass is 10.3. The summed E-state index contributed by atoms with van der Waals surface area (Å²) in [4.78, 5) is 7.23. The van der Waals surface area contributed by atoms with Gasteiger partial charge in [0.1, 0.15) is 16.5 Å². The van der Waals surface area contributed by atoms with Crippen molar-refractivity contribution in [2.75, 3.05) is 22.5 Å². The van der Waals surface area contributed by atoms with E-state index in [-0.39, 0.29) is 22.3 Å². The van der Waals surface area contributed by atoms with Gasteiger partial charge in [-0.3, -0.25) is 4.55 Å². The predicted molar refractivity (Wildman–Crippen MR) is 74.8 cm³/mol. The summed E-state index contributed by atoms with van der Waals surface area (Å²) < 4.78 is 31.0. The van der Waals surface area contributed by atoms with Crippen molar-refractivity contribution in [2.24, 2.45) is 0 Å². The van der Waals surface area contributed by atoms with E-state index in [1.165, 1.54) is 24.3 Å². The Morgan fingerprint density at radius 2 is 1.80 bits per heavy atom. The fourth-order valence-electron chi connectivity index (χ4n) is 1.56. The molecule has 0 radical (unpaired) electrons. The molecule has 0 fully saturated rings. The van der Waals surface area contributed by atoms with E-state index in [1.54, 1.807) is 0 Å². The van der Waals surface area contributed by atoms with Gasteiger partial charge in [0.2, 0.25) is 5.95 Å². The quantitative estimate of drug-likeness (QED) is 0.392. The second kappa shape index (κ2) is 4.83. The molecule has 0 saturated carbocycles. The molecule has 0 spiro atoms. The number of rotatable bonds is 3. The third-order valence-corrected chi connectivity index (χ3v) is 3.25. The zero-order valence-electron chi connectivity index (χ0n) is 10.1. The van der Waals surface area contributed by atoms with Gasteiger partial charge in [-0.1, -0.05) is 0 Å². The zero-order valence-corrected chi connectivity index (χ0v) is 10.9. The van der Waals surface area contributed by atoms with Crippen LogP contribution in [0.4, 0.5) is 29.0 Å². The lowest BCUT2D eigenvalue weighted by Crippen LogP contribution is -2.05. The Morgan fingerprint density at radius 3 is 2.35 bits per heavy atom. The van der Waals surface area contributed by atoms with Crippen LogP contribution < -0.4 is 22.5 Å². The van der Waals surface area contributed by atoms with Gasteiger partial charge in [0.15, 0.2) is 0 Å². The van der Waals surface area contributed by atoms with Crippen LogP contribution in [0.3, 0.4) is 0 Å². The lowest BCUT2D eigenvalue weighted by molar-refractivity contribution is 0.483. The van der Waals surface area contributed by atoms with Crippen molar-refractivity contribution >= 4 is 39.1 Å². The first kappa shape index (κ1) is 13.8. The third kappa shape index (κ3) is 3.05. The van der Waals surface area contributed by atoms with Crippen molar-refractivity contribution < 1.29 is 13.0 Å². The van der Waals surface area contributed by atoms with Crippen molar-refractivity contribution in [3.8, 4) is 0 Å². The Kier molecular flexibility index (Phi) is 3.34. The number of nitrogen functional groups attached to an aromatic ring is 3. The van der Waals surface area contributed by atoms with Crippen molar-refractivity contribution in [1.82, 2.24) is 9.97 Å². The molecule has 2 rings (SSSR count). The molecule has 0 aliphatic rings. The fraction of sp³-hybridized carbons (Fsp3) is 0. The van der Waals surface area contributed by atoms with Crippen LogP contribution in [0.2, 0.25) is 0 Å². The molecule has 0 saturated heterocycles. The zero-order chi connectivity index (χ0) is 14.9. The fourth-order valence-corrected chi connectivity index (χ4v) is 2.16. The van der Waals surface area contributed by atoms with Crippen molar-refractivity contribution in [2.45, 2.75) is 4.90 Å². The second-order valence-corrected chi connectivity index (χ2v) is 5.28. The maximum Gasteiger partial charge on any atom is 0.296 e. The first-order valence-electron chi connectivity index (χ1n) is 5.30. The first-order valence-corrected chi connectivity index (χ1v) is 6.74. The van der Waals surface area contributed by atoms with Crippen LogP contribution in [0.25, 0.3) is 0 Å². The highest BCUT2D eigenvalue weighted by atomic mass is 32.2. The Labute approximate surface area is 114 Å². The minimum Gasteiger partial charge on any atom is -0.398 e. The standard InChI is InChI=1S/C10H12N6O3S/c11-6-3-5(1-2-7(6)20(17,18)19)14-9-4-8(12)15-10(13)16-9/h1-4H,11H2,(H,17,18,19)(H5,12,13,14,15,16). The lowest BCUT2D eigenvalue weighted by Gasteiger charge is -2.09. The Balaban J connectivity index is 2.33. The Morgan fingerprint density at radius 1 is 1.10 bits per heavy atom. The molecule has 0 aliphatic heterocycles. The van der Waals surface area contributed by atoms with Gasteiger partial charge in [0, 0.05) is 11.8 Å². The normalized spacial score (nSPS) is 11.2. The van der Waals surface area contributed by atoms with E-state index in [9.17, 15) is 8.42 Å². The van der Waals surface area contributed by atoms with E-state index in [2.05, 4.69) is 15.3 Å². The Bertz CT molecular complexity index is 741. The smallest absolute Gasteiger partial charge is 0.296 e. The largest absolute Gasteiger partial charge is 0.398 e. The summed E-state index contributed by atoms with van der Waals surface area (Å²) in [5.74, 6) is 0.506. The third-order valence-electron chi connectivity index (χ3n) is 2.32. The average Bonchev–Trinajstić information content (AvgIpc) is 2.25. The van der Waals surface area contributed by atoms with E-state index in [0.29, 0.717) is 11.5 Å². The summed E-state index contributed by atoms with van der Waals surface area (Å²) in [6, 6.07) is 5.36. The van der Waals surface area contributed by atoms with Crippen molar-refractivity contribution in [3.63, 3.8) is 0 Å². The molecule has 1 aromatic carbocycles. The van der Waals surface area contributed by atoms with E-state index in [4.69, 9.17) is 21.8 Å². The molecule has 1 heterocycles. The molecule has 8 N–H and O–H groups in total. The number of hydrogen-bond donors (Lipinski definition) is 5. The Hall–Kier alpha value is -2.59. The SMILES string of the molecule is Nc1cc(Nc2ccc(S(=O)(=O)O)c(N)c2)nc(N)n1. The van der Waals surface area contributed by atoms with E-state index in [0.717, 1.165) is 0 Å². The van der Waals surface area contributed by atoms with Crippen LogP contribution in [0.15, 0.2) is 29.2 Å². The molecule has 0 bridgehead atoms. The second-order valence-electron chi connectivity index (χ2n) is 3.89. The number of nitrogens with zero attached hydrogens (tertiary/aromatic N) is 2. The maximum absolute atomic E-state index is 11.0. The van der Waals surface area contributed by atoms with Crippen LogP contribution in [-0.4, -0.2) is 22.9 Å². The molecule has 2 aromatic rings. The number of nitrogens with two attached hydrogens (primary N) is 3. The molecule has 106 valence electrons. The number of nitrogens with one attached hydrogen (secondary N) is 1. The number of hydrogen-bond acceptors (Lipinski definition) is 8. The summed E-state index contributed by atoms with van der Waals surface area (Å²) in [6.07, 6.45) is 0. The van der Waals surface area contributed by atoms with E-state index in [1.807, 2.05) is 0 Å². The molecule has 20 heavy (non-hydrogen) atoms. The molecular weight excluding hydrogens is 284 g/mol. The van der Waals surface area contributed by atoms with Crippen LogP contribution in [0.1, 0.15) is 0 Å². The minimum absolute atomic E-state index is 0.00460. The number of anilines is 5. The summed E-state index contributed by atoms with van der Waals surface area (Å²) in [6.45, 7) is 0. The molecule has 0 aliphatic carbocycles. The summed E-state index contributed by atoms with van der Waals surface area (Å²) in [7, 11) is -4.35. The van der Waals surface area contributed by atoms with Gasteiger partial charge in [-0.2, -0.15) is 18.4 Å².